The highest BCUT2D eigenvalue weighted by atomic mass is 35.5. The van der Waals surface area contributed by atoms with Crippen LogP contribution < -0.4 is 0 Å². The minimum atomic E-state index is -1.89. The van der Waals surface area contributed by atoms with E-state index in [0.717, 1.165) is 6.92 Å². The van der Waals surface area contributed by atoms with Crippen molar-refractivity contribution in [1.29, 1.82) is 0 Å². The summed E-state index contributed by atoms with van der Waals surface area (Å²) in [5, 5.41) is 9.39. The fourth-order valence-corrected chi connectivity index (χ4v) is 1.06. The third-order valence-corrected chi connectivity index (χ3v) is 2.09. The van der Waals surface area contributed by atoms with Gasteiger partial charge in [0.05, 0.1) is 9.95 Å². The van der Waals surface area contributed by atoms with Crippen LogP contribution in [0.4, 0.5) is 18.9 Å². The van der Waals surface area contributed by atoms with Gasteiger partial charge in [0.1, 0.15) is 0 Å². The average Bonchev–Trinajstić information content (AvgIpc) is 2.11. The van der Waals surface area contributed by atoms with Gasteiger partial charge in [-0.3, -0.25) is 10.1 Å². The Morgan fingerprint density at radius 3 is 2.14 bits per heavy atom. The number of halogens is 4. The summed E-state index contributed by atoms with van der Waals surface area (Å²) >= 11 is 5.19. The number of hydrogen-bond donors (Lipinski definition) is 0. The van der Waals surface area contributed by atoms with Gasteiger partial charge in [-0.05, 0) is 6.92 Å². The highest BCUT2D eigenvalue weighted by Gasteiger charge is 2.29. The largest absolute Gasteiger partial charge is 0.343 e. The first-order valence-corrected chi connectivity index (χ1v) is 3.72. The Balaban J connectivity index is 3.68. The molecule has 0 radical (unpaired) electrons. The quantitative estimate of drug-likeness (QED) is 0.319. The molecule has 0 spiro atoms. The Labute approximate surface area is 81.2 Å². The molecule has 0 aliphatic carbocycles. The minimum Gasteiger partial charge on any atom is -0.258 e. The lowest BCUT2D eigenvalue weighted by Crippen LogP contribution is -2.03. The van der Waals surface area contributed by atoms with Gasteiger partial charge in [0.2, 0.25) is 11.6 Å². The number of benzene rings is 1. The maximum absolute atomic E-state index is 13.0. The molecule has 0 aromatic heterocycles. The van der Waals surface area contributed by atoms with Crippen molar-refractivity contribution in [2.45, 2.75) is 6.92 Å². The number of nitro benzene ring substituents is 1. The van der Waals surface area contributed by atoms with Gasteiger partial charge in [-0.15, -0.1) is 0 Å². The van der Waals surface area contributed by atoms with Gasteiger partial charge in [0.15, 0.2) is 5.82 Å². The first-order valence-electron chi connectivity index (χ1n) is 3.34. The summed E-state index contributed by atoms with van der Waals surface area (Å²) in [4.78, 5) is 8.84. The zero-order valence-electron chi connectivity index (χ0n) is 6.78. The second-order valence-electron chi connectivity index (χ2n) is 2.49. The molecule has 0 fully saturated rings. The molecule has 0 atom stereocenters. The number of hydrogen-bond acceptors (Lipinski definition) is 2. The molecule has 0 saturated carbocycles. The van der Waals surface area contributed by atoms with Crippen LogP contribution in [-0.2, 0) is 0 Å². The summed E-state index contributed by atoms with van der Waals surface area (Å²) in [7, 11) is 0. The van der Waals surface area contributed by atoms with E-state index < -0.39 is 38.6 Å². The minimum absolute atomic E-state index is 0.489. The van der Waals surface area contributed by atoms with Crippen molar-refractivity contribution in [2.75, 3.05) is 0 Å². The highest BCUT2D eigenvalue weighted by molar-refractivity contribution is 6.31. The van der Waals surface area contributed by atoms with E-state index in [9.17, 15) is 23.3 Å². The van der Waals surface area contributed by atoms with Crippen LogP contribution in [0.3, 0.4) is 0 Å². The van der Waals surface area contributed by atoms with E-state index in [2.05, 4.69) is 0 Å². The molecule has 14 heavy (non-hydrogen) atoms. The van der Waals surface area contributed by atoms with E-state index in [1.807, 2.05) is 0 Å². The topological polar surface area (TPSA) is 43.1 Å². The number of rotatable bonds is 1. The fourth-order valence-electron chi connectivity index (χ4n) is 0.896. The summed E-state index contributed by atoms with van der Waals surface area (Å²) in [5.41, 5.74) is -2.01. The van der Waals surface area contributed by atoms with Crippen LogP contribution in [0.2, 0.25) is 5.02 Å². The lowest BCUT2D eigenvalue weighted by molar-refractivity contribution is -0.390. The molecule has 3 nitrogen and oxygen atoms in total. The molecule has 0 saturated heterocycles. The predicted octanol–water partition coefficient (Wildman–Crippen LogP) is 2.97. The van der Waals surface area contributed by atoms with Crippen molar-refractivity contribution < 1.29 is 18.1 Å². The highest BCUT2D eigenvalue weighted by Crippen LogP contribution is 2.32. The second-order valence-corrected chi connectivity index (χ2v) is 2.86. The van der Waals surface area contributed by atoms with Crippen molar-refractivity contribution in [3.8, 4) is 0 Å². The van der Waals surface area contributed by atoms with Gasteiger partial charge < -0.3 is 0 Å². The van der Waals surface area contributed by atoms with Crippen LogP contribution in [0.1, 0.15) is 5.56 Å². The first-order chi connectivity index (χ1) is 6.37. The summed E-state index contributed by atoms with van der Waals surface area (Å²) < 4.78 is 38.6. The van der Waals surface area contributed by atoms with Gasteiger partial charge in [-0.2, -0.15) is 8.78 Å². The standard InChI is InChI=1S/C7H3ClF3NO2/c1-2-3(8)5(10)6(11)7(4(2)9)12(13)14/h1H3. The van der Waals surface area contributed by atoms with E-state index in [4.69, 9.17) is 11.6 Å². The molecular formula is C7H3ClF3NO2. The lowest BCUT2D eigenvalue weighted by atomic mass is 10.2. The van der Waals surface area contributed by atoms with E-state index in [0.29, 0.717) is 0 Å². The van der Waals surface area contributed by atoms with Gasteiger partial charge in [-0.25, -0.2) is 4.39 Å². The molecule has 0 aliphatic heterocycles. The van der Waals surface area contributed by atoms with E-state index >= 15 is 0 Å². The van der Waals surface area contributed by atoms with E-state index in [1.54, 1.807) is 0 Å². The molecule has 1 aromatic rings. The van der Waals surface area contributed by atoms with Crippen LogP contribution in [0.15, 0.2) is 0 Å². The van der Waals surface area contributed by atoms with Crippen LogP contribution in [0, 0.1) is 34.5 Å². The lowest BCUT2D eigenvalue weighted by Gasteiger charge is -2.03. The van der Waals surface area contributed by atoms with E-state index in [1.165, 1.54) is 0 Å². The third kappa shape index (κ3) is 1.41. The van der Waals surface area contributed by atoms with Crippen LogP contribution in [0.5, 0.6) is 0 Å². The molecule has 0 bridgehead atoms. The molecule has 76 valence electrons. The van der Waals surface area contributed by atoms with Gasteiger partial charge >= 0.3 is 5.69 Å². The van der Waals surface area contributed by atoms with Gasteiger partial charge in [0, 0.05) is 5.56 Å². The number of nitrogens with zero attached hydrogens (tertiary/aromatic N) is 1. The molecule has 0 N–H and O–H groups in total. The molecule has 0 heterocycles. The zero-order chi connectivity index (χ0) is 11.0. The molecular weight excluding hydrogens is 223 g/mol. The molecule has 1 rings (SSSR count). The maximum atomic E-state index is 13.0. The van der Waals surface area contributed by atoms with Crippen LogP contribution in [-0.4, -0.2) is 4.92 Å². The Morgan fingerprint density at radius 1 is 1.21 bits per heavy atom. The first kappa shape index (κ1) is 10.8. The average molecular weight is 226 g/mol. The maximum Gasteiger partial charge on any atom is 0.343 e. The Morgan fingerprint density at radius 2 is 1.71 bits per heavy atom. The Bertz CT molecular complexity index is 393. The van der Waals surface area contributed by atoms with Crippen molar-refractivity contribution in [2.24, 2.45) is 0 Å². The molecule has 1 aromatic carbocycles. The van der Waals surface area contributed by atoms with Gasteiger partial charge in [0.25, 0.3) is 0 Å². The molecule has 0 amide bonds. The van der Waals surface area contributed by atoms with Crippen molar-refractivity contribution in [3.05, 3.63) is 38.2 Å². The summed E-state index contributed by atoms with van der Waals surface area (Å²) in [6, 6.07) is 0. The molecule has 0 unspecified atom stereocenters. The Hall–Kier alpha value is -1.30. The third-order valence-electron chi connectivity index (χ3n) is 1.64. The predicted molar refractivity (Wildman–Crippen MR) is 42.7 cm³/mol. The fraction of sp³-hybridized carbons (Fsp3) is 0.143. The van der Waals surface area contributed by atoms with E-state index in [-0.39, 0.29) is 0 Å². The van der Waals surface area contributed by atoms with Crippen LogP contribution >= 0.6 is 11.6 Å². The molecule has 7 heteroatoms. The SMILES string of the molecule is Cc1c(F)c([N+](=O)[O-])c(F)c(F)c1Cl. The molecule has 0 aliphatic rings. The Kier molecular flexibility index (Phi) is 2.66. The normalized spacial score (nSPS) is 10.4. The smallest absolute Gasteiger partial charge is 0.258 e. The van der Waals surface area contributed by atoms with Crippen LogP contribution in [0.25, 0.3) is 0 Å². The zero-order valence-corrected chi connectivity index (χ0v) is 7.53. The van der Waals surface area contributed by atoms with Crippen molar-refractivity contribution in [3.63, 3.8) is 0 Å². The summed E-state index contributed by atoms with van der Waals surface area (Å²) in [5.74, 6) is -4.96. The van der Waals surface area contributed by atoms with Crippen molar-refractivity contribution >= 4 is 17.3 Å². The summed E-state index contributed by atoms with van der Waals surface area (Å²) in [6.45, 7) is 1.02. The summed E-state index contributed by atoms with van der Waals surface area (Å²) in [6.07, 6.45) is 0. The second kappa shape index (κ2) is 3.45. The monoisotopic (exact) mass is 225 g/mol. The van der Waals surface area contributed by atoms with Crippen molar-refractivity contribution in [1.82, 2.24) is 0 Å². The number of nitro groups is 1. The van der Waals surface area contributed by atoms with Gasteiger partial charge in [-0.1, -0.05) is 11.6 Å².